The maximum atomic E-state index is 13.1. The highest BCUT2D eigenvalue weighted by molar-refractivity contribution is 6.07. The molecule has 0 saturated carbocycles. The van der Waals surface area contributed by atoms with Gasteiger partial charge in [0.1, 0.15) is 5.82 Å². The summed E-state index contributed by atoms with van der Waals surface area (Å²) in [6, 6.07) is 4.31. The molecule has 0 atom stereocenters. The van der Waals surface area contributed by atoms with E-state index in [0.717, 1.165) is 18.4 Å². The Morgan fingerprint density at radius 3 is 2.81 bits per heavy atom. The lowest BCUT2D eigenvalue weighted by Crippen LogP contribution is -2.11. The van der Waals surface area contributed by atoms with Gasteiger partial charge in [-0.05, 0) is 49.6 Å². The van der Waals surface area contributed by atoms with Gasteiger partial charge in [-0.25, -0.2) is 4.39 Å². The molecule has 1 aromatic rings. The van der Waals surface area contributed by atoms with E-state index in [1.54, 1.807) is 19.1 Å². The quantitative estimate of drug-likeness (QED) is 0.716. The number of rotatable bonds is 2. The Kier molecular flexibility index (Phi) is 3.04. The SMILES string of the molecule is Cc1cc(F)cc(C(=O)C2=CCCCO2)c1. The van der Waals surface area contributed by atoms with E-state index < -0.39 is 0 Å². The molecular weight excluding hydrogens is 207 g/mol. The van der Waals surface area contributed by atoms with Gasteiger partial charge < -0.3 is 4.74 Å². The summed E-state index contributed by atoms with van der Waals surface area (Å²) in [5, 5.41) is 0. The minimum absolute atomic E-state index is 0.234. The molecule has 0 saturated heterocycles. The van der Waals surface area contributed by atoms with Crippen LogP contribution in [-0.2, 0) is 4.74 Å². The fourth-order valence-corrected chi connectivity index (χ4v) is 1.73. The Hall–Kier alpha value is -1.64. The minimum atomic E-state index is -0.389. The third-order valence-corrected chi connectivity index (χ3v) is 2.46. The highest BCUT2D eigenvalue weighted by Gasteiger charge is 2.16. The summed E-state index contributed by atoms with van der Waals surface area (Å²) in [7, 11) is 0. The molecular formula is C13H13FO2. The van der Waals surface area contributed by atoms with Gasteiger partial charge in [0.25, 0.3) is 0 Å². The van der Waals surface area contributed by atoms with Gasteiger partial charge in [-0.2, -0.15) is 0 Å². The number of hydrogen-bond donors (Lipinski definition) is 0. The number of carbonyl (C=O) groups is 1. The van der Waals surface area contributed by atoms with Crippen LogP contribution in [0.1, 0.15) is 28.8 Å². The second kappa shape index (κ2) is 4.47. The first-order chi connectivity index (χ1) is 7.66. The molecule has 16 heavy (non-hydrogen) atoms. The lowest BCUT2D eigenvalue weighted by Gasteiger charge is -2.13. The minimum Gasteiger partial charge on any atom is -0.490 e. The third kappa shape index (κ3) is 2.30. The second-order valence-corrected chi connectivity index (χ2v) is 3.91. The molecule has 1 aliphatic rings. The Balaban J connectivity index is 2.29. The Morgan fingerprint density at radius 1 is 1.38 bits per heavy atom. The molecule has 1 heterocycles. The van der Waals surface area contributed by atoms with Crippen molar-refractivity contribution < 1.29 is 13.9 Å². The van der Waals surface area contributed by atoms with Crippen LogP contribution in [0.2, 0.25) is 0 Å². The van der Waals surface area contributed by atoms with Crippen molar-refractivity contribution in [3.63, 3.8) is 0 Å². The fourth-order valence-electron chi connectivity index (χ4n) is 1.73. The zero-order valence-corrected chi connectivity index (χ0v) is 9.13. The topological polar surface area (TPSA) is 26.3 Å². The number of benzene rings is 1. The first-order valence-corrected chi connectivity index (χ1v) is 5.31. The van der Waals surface area contributed by atoms with Crippen molar-refractivity contribution in [3.05, 3.63) is 47.0 Å². The standard InChI is InChI=1S/C13H13FO2/c1-9-6-10(8-11(14)7-9)13(15)12-4-2-3-5-16-12/h4,6-8H,2-3,5H2,1H3. The number of halogens is 1. The smallest absolute Gasteiger partial charge is 0.227 e. The molecule has 1 aliphatic heterocycles. The van der Waals surface area contributed by atoms with Gasteiger partial charge in [0.15, 0.2) is 5.76 Å². The lowest BCUT2D eigenvalue weighted by atomic mass is 10.0. The first kappa shape index (κ1) is 10.9. The average Bonchev–Trinajstić information content (AvgIpc) is 2.28. The van der Waals surface area contributed by atoms with Gasteiger partial charge in [0.05, 0.1) is 6.61 Å². The molecule has 0 radical (unpaired) electrons. The highest BCUT2D eigenvalue weighted by atomic mass is 19.1. The van der Waals surface area contributed by atoms with E-state index in [1.807, 2.05) is 0 Å². The van der Waals surface area contributed by atoms with Gasteiger partial charge in [-0.15, -0.1) is 0 Å². The molecule has 0 bridgehead atoms. The Bertz CT molecular complexity index is 429. The van der Waals surface area contributed by atoms with E-state index in [4.69, 9.17) is 4.74 Å². The number of ketones is 1. The normalized spacial score (nSPS) is 15.2. The average molecular weight is 220 g/mol. The number of aryl methyl sites for hydroxylation is 1. The molecule has 1 aromatic carbocycles. The molecule has 3 heteroatoms. The van der Waals surface area contributed by atoms with Crippen LogP contribution in [0, 0.1) is 12.7 Å². The maximum absolute atomic E-state index is 13.1. The highest BCUT2D eigenvalue weighted by Crippen LogP contribution is 2.17. The van der Waals surface area contributed by atoms with Gasteiger partial charge in [-0.3, -0.25) is 4.79 Å². The van der Waals surface area contributed by atoms with Crippen molar-refractivity contribution >= 4 is 5.78 Å². The number of allylic oxidation sites excluding steroid dienone is 2. The van der Waals surface area contributed by atoms with Gasteiger partial charge in [0.2, 0.25) is 5.78 Å². The first-order valence-electron chi connectivity index (χ1n) is 5.31. The molecule has 0 aliphatic carbocycles. The van der Waals surface area contributed by atoms with Crippen LogP contribution < -0.4 is 0 Å². The summed E-state index contributed by atoms with van der Waals surface area (Å²) in [5.41, 5.74) is 1.09. The van der Waals surface area contributed by atoms with Crippen LogP contribution in [0.15, 0.2) is 30.0 Å². The summed E-state index contributed by atoms with van der Waals surface area (Å²) in [4.78, 5) is 11.9. The molecule has 84 valence electrons. The van der Waals surface area contributed by atoms with Gasteiger partial charge in [-0.1, -0.05) is 0 Å². The fraction of sp³-hybridized carbons (Fsp3) is 0.308. The van der Waals surface area contributed by atoms with E-state index in [1.165, 1.54) is 12.1 Å². The van der Waals surface area contributed by atoms with Crippen molar-refractivity contribution in [2.24, 2.45) is 0 Å². The van der Waals surface area contributed by atoms with Crippen molar-refractivity contribution in [1.29, 1.82) is 0 Å². The third-order valence-electron chi connectivity index (χ3n) is 2.46. The lowest BCUT2D eigenvalue weighted by molar-refractivity contribution is 0.0898. The van der Waals surface area contributed by atoms with Crippen LogP contribution in [0.5, 0.6) is 0 Å². The molecule has 0 aromatic heterocycles. The van der Waals surface area contributed by atoms with Crippen molar-refractivity contribution in [2.75, 3.05) is 6.61 Å². The molecule has 2 rings (SSSR count). The van der Waals surface area contributed by atoms with Crippen molar-refractivity contribution in [3.8, 4) is 0 Å². The van der Waals surface area contributed by atoms with Crippen LogP contribution in [0.3, 0.4) is 0 Å². The molecule has 0 fully saturated rings. The predicted octanol–water partition coefficient (Wildman–Crippen LogP) is 3.01. The molecule has 0 spiro atoms. The largest absolute Gasteiger partial charge is 0.490 e. The van der Waals surface area contributed by atoms with Gasteiger partial charge in [0, 0.05) is 5.56 Å². The van der Waals surface area contributed by atoms with E-state index in [0.29, 0.717) is 17.9 Å². The molecule has 0 N–H and O–H groups in total. The Labute approximate surface area is 93.7 Å². The number of ether oxygens (including phenoxy) is 1. The Morgan fingerprint density at radius 2 is 2.19 bits per heavy atom. The second-order valence-electron chi connectivity index (χ2n) is 3.91. The zero-order chi connectivity index (χ0) is 11.5. The molecule has 2 nitrogen and oxygen atoms in total. The summed E-state index contributed by atoms with van der Waals surface area (Å²) in [6.45, 7) is 2.32. The number of hydrogen-bond acceptors (Lipinski definition) is 2. The summed E-state index contributed by atoms with van der Waals surface area (Å²) in [6.07, 6.45) is 3.54. The molecule has 0 unspecified atom stereocenters. The summed E-state index contributed by atoms with van der Waals surface area (Å²) >= 11 is 0. The predicted molar refractivity (Wildman–Crippen MR) is 58.7 cm³/mol. The van der Waals surface area contributed by atoms with Crippen LogP contribution in [0.4, 0.5) is 4.39 Å². The summed E-state index contributed by atoms with van der Waals surface area (Å²) < 4.78 is 18.4. The molecule has 0 amide bonds. The monoisotopic (exact) mass is 220 g/mol. The van der Waals surface area contributed by atoms with Crippen LogP contribution in [0.25, 0.3) is 0 Å². The van der Waals surface area contributed by atoms with E-state index in [-0.39, 0.29) is 11.6 Å². The number of Topliss-reactive ketones (excluding diaryl/α,β-unsaturated/α-hetero) is 1. The zero-order valence-electron chi connectivity index (χ0n) is 9.13. The van der Waals surface area contributed by atoms with Crippen LogP contribution in [-0.4, -0.2) is 12.4 Å². The van der Waals surface area contributed by atoms with Gasteiger partial charge >= 0.3 is 0 Å². The van der Waals surface area contributed by atoms with E-state index in [9.17, 15) is 9.18 Å². The van der Waals surface area contributed by atoms with Crippen LogP contribution >= 0.6 is 0 Å². The van der Waals surface area contributed by atoms with E-state index in [2.05, 4.69) is 0 Å². The number of carbonyl (C=O) groups excluding carboxylic acids is 1. The summed E-state index contributed by atoms with van der Waals surface area (Å²) in [5.74, 6) is -0.279. The van der Waals surface area contributed by atoms with Crippen molar-refractivity contribution in [2.45, 2.75) is 19.8 Å². The van der Waals surface area contributed by atoms with Crippen molar-refractivity contribution in [1.82, 2.24) is 0 Å². The maximum Gasteiger partial charge on any atom is 0.227 e. The van der Waals surface area contributed by atoms with E-state index >= 15 is 0 Å².